The van der Waals surface area contributed by atoms with E-state index in [-0.39, 0.29) is 0 Å². The lowest BCUT2D eigenvalue weighted by molar-refractivity contribution is 0.249. The van der Waals surface area contributed by atoms with Crippen LogP contribution in [0.2, 0.25) is 0 Å². The molecule has 18 heavy (non-hydrogen) atoms. The summed E-state index contributed by atoms with van der Waals surface area (Å²) in [4.78, 5) is 2.54. The van der Waals surface area contributed by atoms with Gasteiger partial charge in [-0.25, -0.2) is 0 Å². The van der Waals surface area contributed by atoms with E-state index in [2.05, 4.69) is 17.0 Å². The number of methoxy groups -OCH3 is 1. The number of para-hydroxylation sites is 1. The number of ether oxygens (including phenoxy) is 1. The van der Waals surface area contributed by atoms with E-state index in [0.29, 0.717) is 6.04 Å². The zero-order chi connectivity index (χ0) is 12.8. The van der Waals surface area contributed by atoms with Crippen LogP contribution >= 0.6 is 0 Å². The van der Waals surface area contributed by atoms with Gasteiger partial charge in [-0.15, -0.1) is 0 Å². The van der Waals surface area contributed by atoms with E-state index in [9.17, 15) is 0 Å². The zero-order valence-electron chi connectivity index (χ0n) is 11.3. The summed E-state index contributed by atoms with van der Waals surface area (Å²) in [6.45, 7) is 3.02. The average molecular weight is 248 g/mol. The Morgan fingerprint density at radius 3 is 3.00 bits per heavy atom. The molecule has 3 heteroatoms. The number of rotatable bonds is 6. The Kier molecular flexibility index (Phi) is 5.02. The van der Waals surface area contributed by atoms with E-state index in [1.54, 1.807) is 7.11 Å². The molecule has 1 heterocycles. The van der Waals surface area contributed by atoms with Crippen molar-refractivity contribution in [3.8, 4) is 5.75 Å². The van der Waals surface area contributed by atoms with Crippen LogP contribution in [0.4, 0.5) is 0 Å². The van der Waals surface area contributed by atoms with Gasteiger partial charge in [-0.1, -0.05) is 18.2 Å². The summed E-state index contributed by atoms with van der Waals surface area (Å²) >= 11 is 0. The standard InChI is InChI=1S/C15H24N2O/c1-18-15-7-3-2-5-13(15)8-9-14-6-4-11-17(14)12-10-16/h2-3,5,7,14H,4,6,8-12,16H2,1H3. The first-order valence-electron chi connectivity index (χ1n) is 6.91. The summed E-state index contributed by atoms with van der Waals surface area (Å²) in [5.74, 6) is 1.01. The third kappa shape index (κ3) is 3.24. The van der Waals surface area contributed by atoms with Crippen molar-refractivity contribution in [2.75, 3.05) is 26.7 Å². The van der Waals surface area contributed by atoms with E-state index in [0.717, 1.165) is 25.3 Å². The van der Waals surface area contributed by atoms with Crippen molar-refractivity contribution in [3.05, 3.63) is 29.8 Å². The van der Waals surface area contributed by atoms with Gasteiger partial charge in [-0.05, 0) is 43.9 Å². The van der Waals surface area contributed by atoms with Gasteiger partial charge in [0, 0.05) is 19.1 Å². The Labute approximate surface area is 110 Å². The van der Waals surface area contributed by atoms with Gasteiger partial charge in [0.15, 0.2) is 0 Å². The quantitative estimate of drug-likeness (QED) is 0.837. The lowest BCUT2D eigenvalue weighted by atomic mass is 10.0. The number of aryl methyl sites for hydroxylation is 1. The number of nitrogens with two attached hydrogens (primary N) is 1. The zero-order valence-corrected chi connectivity index (χ0v) is 11.3. The van der Waals surface area contributed by atoms with Crippen LogP contribution in [-0.4, -0.2) is 37.7 Å². The van der Waals surface area contributed by atoms with Crippen molar-refractivity contribution in [1.82, 2.24) is 4.90 Å². The molecule has 1 unspecified atom stereocenters. The summed E-state index contributed by atoms with van der Waals surface area (Å²) < 4.78 is 5.40. The fraction of sp³-hybridized carbons (Fsp3) is 0.600. The van der Waals surface area contributed by atoms with Crippen molar-refractivity contribution in [2.24, 2.45) is 5.73 Å². The van der Waals surface area contributed by atoms with Crippen molar-refractivity contribution < 1.29 is 4.74 Å². The average Bonchev–Trinajstić information content (AvgIpc) is 2.84. The van der Waals surface area contributed by atoms with Gasteiger partial charge in [0.2, 0.25) is 0 Å². The topological polar surface area (TPSA) is 38.5 Å². The molecule has 1 fully saturated rings. The summed E-state index contributed by atoms with van der Waals surface area (Å²) in [5, 5.41) is 0. The number of hydrogen-bond acceptors (Lipinski definition) is 3. The van der Waals surface area contributed by atoms with E-state index >= 15 is 0 Å². The minimum absolute atomic E-state index is 0.707. The fourth-order valence-corrected chi connectivity index (χ4v) is 2.91. The molecule has 1 atom stereocenters. The molecule has 0 saturated carbocycles. The molecule has 0 amide bonds. The molecule has 0 aliphatic carbocycles. The maximum atomic E-state index is 5.66. The Morgan fingerprint density at radius 1 is 1.39 bits per heavy atom. The minimum atomic E-state index is 0.707. The van der Waals surface area contributed by atoms with Crippen LogP contribution in [0.1, 0.15) is 24.8 Å². The summed E-state index contributed by atoms with van der Waals surface area (Å²) in [7, 11) is 1.75. The first-order chi connectivity index (χ1) is 8.85. The Balaban J connectivity index is 1.90. The molecule has 1 aromatic carbocycles. The van der Waals surface area contributed by atoms with Crippen LogP contribution in [0.5, 0.6) is 5.75 Å². The summed E-state index contributed by atoms with van der Waals surface area (Å²) in [6, 6.07) is 9.03. The maximum absolute atomic E-state index is 5.66. The normalized spacial score (nSPS) is 20.2. The molecule has 1 saturated heterocycles. The van der Waals surface area contributed by atoms with E-state index < -0.39 is 0 Å². The first-order valence-corrected chi connectivity index (χ1v) is 6.91. The molecule has 0 aromatic heterocycles. The predicted molar refractivity (Wildman–Crippen MR) is 75.0 cm³/mol. The van der Waals surface area contributed by atoms with Gasteiger partial charge in [0.25, 0.3) is 0 Å². The first kappa shape index (κ1) is 13.4. The second kappa shape index (κ2) is 6.76. The second-order valence-electron chi connectivity index (χ2n) is 4.97. The van der Waals surface area contributed by atoms with Crippen LogP contribution in [0.25, 0.3) is 0 Å². The number of likely N-dealkylation sites (tertiary alicyclic amines) is 1. The van der Waals surface area contributed by atoms with Crippen LogP contribution in [0.3, 0.4) is 0 Å². The largest absolute Gasteiger partial charge is 0.496 e. The summed E-state index contributed by atoms with van der Waals surface area (Å²) in [6.07, 6.45) is 4.93. The molecule has 3 nitrogen and oxygen atoms in total. The number of hydrogen-bond donors (Lipinski definition) is 1. The molecule has 1 aliphatic rings. The van der Waals surface area contributed by atoms with E-state index in [1.807, 2.05) is 12.1 Å². The molecule has 2 N–H and O–H groups in total. The van der Waals surface area contributed by atoms with E-state index in [4.69, 9.17) is 10.5 Å². The third-order valence-corrected chi connectivity index (χ3v) is 3.85. The van der Waals surface area contributed by atoms with Crippen molar-refractivity contribution in [1.29, 1.82) is 0 Å². The molecule has 1 aromatic rings. The molecule has 2 rings (SSSR count). The molecular formula is C15H24N2O. The lowest BCUT2D eigenvalue weighted by Gasteiger charge is -2.23. The van der Waals surface area contributed by atoms with Crippen LogP contribution in [-0.2, 0) is 6.42 Å². The van der Waals surface area contributed by atoms with Gasteiger partial charge in [-0.2, -0.15) is 0 Å². The molecule has 0 bridgehead atoms. The van der Waals surface area contributed by atoms with Gasteiger partial charge >= 0.3 is 0 Å². The molecule has 1 aliphatic heterocycles. The highest BCUT2D eigenvalue weighted by Crippen LogP contribution is 2.24. The van der Waals surface area contributed by atoms with Crippen LogP contribution < -0.4 is 10.5 Å². The predicted octanol–water partition coefficient (Wildman–Crippen LogP) is 2.05. The Bertz CT molecular complexity index is 367. The van der Waals surface area contributed by atoms with Gasteiger partial charge < -0.3 is 10.5 Å². The fourth-order valence-electron chi connectivity index (χ4n) is 2.91. The molecule has 0 spiro atoms. The third-order valence-electron chi connectivity index (χ3n) is 3.85. The molecule has 0 radical (unpaired) electrons. The molecule has 100 valence electrons. The van der Waals surface area contributed by atoms with Crippen molar-refractivity contribution in [2.45, 2.75) is 31.7 Å². The monoisotopic (exact) mass is 248 g/mol. The summed E-state index contributed by atoms with van der Waals surface area (Å²) in [5.41, 5.74) is 6.98. The van der Waals surface area contributed by atoms with Gasteiger partial charge in [-0.3, -0.25) is 4.90 Å². The van der Waals surface area contributed by atoms with Crippen molar-refractivity contribution >= 4 is 0 Å². The van der Waals surface area contributed by atoms with Crippen LogP contribution in [0.15, 0.2) is 24.3 Å². The van der Waals surface area contributed by atoms with Crippen LogP contribution in [0, 0.1) is 0 Å². The highest BCUT2D eigenvalue weighted by atomic mass is 16.5. The number of nitrogens with zero attached hydrogens (tertiary/aromatic N) is 1. The van der Waals surface area contributed by atoms with Gasteiger partial charge in [0.1, 0.15) is 5.75 Å². The van der Waals surface area contributed by atoms with Gasteiger partial charge in [0.05, 0.1) is 7.11 Å². The highest BCUT2D eigenvalue weighted by Gasteiger charge is 2.23. The number of benzene rings is 1. The highest BCUT2D eigenvalue weighted by molar-refractivity contribution is 5.33. The Morgan fingerprint density at radius 2 is 2.22 bits per heavy atom. The smallest absolute Gasteiger partial charge is 0.122 e. The minimum Gasteiger partial charge on any atom is -0.496 e. The molecular weight excluding hydrogens is 224 g/mol. The second-order valence-corrected chi connectivity index (χ2v) is 4.97. The lowest BCUT2D eigenvalue weighted by Crippen LogP contribution is -2.34. The van der Waals surface area contributed by atoms with Crippen molar-refractivity contribution in [3.63, 3.8) is 0 Å². The maximum Gasteiger partial charge on any atom is 0.122 e. The Hall–Kier alpha value is -1.06. The SMILES string of the molecule is COc1ccccc1CCC1CCCN1CCN. The van der Waals surface area contributed by atoms with E-state index in [1.165, 1.54) is 31.4 Å².